The molecule has 24 heavy (non-hydrogen) atoms. The third-order valence-electron chi connectivity index (χ3n) is 4.00. The molecule has 1 aromatic rings. The molecule has 0 fully saturated rings. The number of nitrogens with zero attached hydrogens (tertiary/aromatic N) is 1. The average molecular weight is 351 g/mol. The fourth-order valence-electron chi connectivity index (χ4n) is 2.32. The first-order chi connectivity index (χ1) is 11.1. The topological polar surface area (TPSA) is 64.8 Å². The van der Waals surface area contributed by atoms with Crippen LogP contribution >= 0.6 is 0 Å². The molecule has 1 aromatic carbocycles. The van der Waals surface area contributed by atoms with E-state index in [0.29, 0.717) is 6.42 Å². The third kappa shape index (κ3) is 5.07. The summed E-state index contributed by atoms with van der Waals surface area (Å²) in [6, 6.07) is 6.62. The Hall–Kier alpha value is -1.87. The minimum Gasteiger partial charge on any atom is -0.466 e. The maximum atomic E-state index is 12.8. The van der Waals surface area contributed by atoms with Gasteiger partial charge in [-0.3, -0.25) is 4.79 Å². The fraction of sp³-hybridized carbons (Fsp3) is 0.556. The summed E-state index contributed by atoms with van der Waals surface area (Å²) in [5.74, 6) is -0.348. The van der Waals surface area contributed by atoms with E-state index in [1.54, 1.807) is 45.0 Å². The van der Waals surface area contributed by atoms with Crippen LogP contribution in [0.3, 0.4) is 0 Å². The van der Waals surface area contributed by atoms with Gasteiger partial charge < -0.3 is 9.58 Å². The van der Waals surface area contributed by atoms with Gasteiger partial charge in [-0.1, -0.05) is 17.7 Å². The van der Waals surface area contributed by atoms with Gasteiger partial charge in [-0.25, -0.2) is 15.0 Å². The van der Waals surface area contributed by atoms with Crippen molar-refractivity contribution in [1.82, 2.24) is 0 Å². The number of carbonyl (C=O) groups is 1. The van der Waals surface area contributed by atoms with E-state index in [-0.39, 0.29) is 30.4 Å². The van der Waals surface area contributed by atoms with Crippen molar-refractivity contribution >= 4 is 15.8 Å². The molecule has 0 heterocycles. The molecule has 0 radical (unpaired) electrons. The Balaban J connectivity index is 2.96. The second-order valence-corrected chi connectivity index (χ2v) is 8.69. The zero-order valence-corrected chi connectivity index (χ0v) is 15.5. The normalized spacial score (nSPS) is 13.1. The highest BCUT2D eigenvalue weighted by Crippen LogP contribution is 2.29. The van der Waals surface area contributed by atoms with Gasteiger partial charge in [-0.2, -0.15) is 0 Å². The van der Waals surface area contributed by atoms with Crippen LogP contribution in [0.25, 0.3) is 4.85 Å². The van der Waals surface area contributed by atoms with E-state index in [2.05, 4.69) is 4.85 Å². The molecule has 1 atom stereocenters. The summed E-state index contributed by atoms with van der Waals surface area (Å²) in [7, 11) is -3.61. The van der Waals surface area contributed by atoms with Crippen molar-refractivity contribution in [2.24, 2.45) is 5.41 Å². The summed E-state index contributed by atoms with van der Waals surface area (Å²) in [6.07, 6.45) is 0.585. The Morgan fingerprint density at radius 3 is 2.38 bits per heavy atom. The van der Waals surface area contributed by atoms with Crippen molar-refractivity contribution in [2.75, 3.05) is 13.2 Å². The van der Waals surface area contributed by atoms with Crippen LogP contribution in [0.4, 0.5) is 0 Å². The second kappa shape index (κ2) is 8.29. The standard InChI is InChI=1S/C18H25NO4S/c1-6-23-17(20)18(3,4)12-11-16(13-19-5)24(21,22)15-9-7-14(2)8-10-15/h7-10,16H,6,11-13H2,1-4H3. The van der Waals surface area contributed by atoms with Gasteiger partial charge in [0.2, 0.25) is 6.54 Å². The molecule has 1 rings (SSSR count). The molecule has 132 valence electrons. The van der Waals surface area contributed by atoms with Crippen LogP contribution in [0.5, 0.6) is 0 Å². The number of aryl methyl sites for hydroxylation is 1. The average Bonchev–Trinajstić information content (AvgIpc) is 2.52. The minimum absolute atomic E-state index is 0.116. The van der Waals surface area contributed by atoms with E-state index in [0.717, 1.165) is 5.56 Å². The number of carbonyl (C=O) groups excluding carboxylic acids is 1. The molecule has 0 aliphatic carbocycles. The quantitative estimate of drug-likeness (QED) is 0.532. The Bertz CT molecular complexity index is 700. The number of esters is 1. The monoisotopic (exact) mass is 351 g/mol. The van der Waals surface area contributed by atoms with Gasteiger partial charge >= 0.3 is 5.97 Å². The summed E-state index contributed by atoms with van der Waals surface area (Å²) in [5, 5.41) is -0.827. The number of sulfone groups is 1. The molecule has 0 aliphatic rings. The summed E-state index contributed by atoms with van der Waals surface area (Å²) >= 11 is 0. The molecular weight excluding hydrogens is 326 g/mol. The molecule has 1 unspecified atom stereocenters. The van der Waals surface area contributed by atoms with Crippen LogP contribution in [0.1, 0.15) is 39.2 Å². The fourth-order valence-corrected chi connectivity index (χ4v) is 3.92. The van der Waals surface area contributed by atoms with Crippen LogP contribution in [0.2, 0.25) is 0 Å². The largest absolute Gasteiger partial charge is 0.466 e. The van der Waals surface area contributed by atoms with Gasteiger partial charge in [0.15, 0.2) is 9.84 Å². The Morgan fingerprint density at radius 1 is 1.29 bits per heavy atom. The SMILES string of the molecule is [C-]#[N+]CC(CCC(C)(C)C(=O)OCC)S(=O)(=O)c1ccc(C)cc1. The second-order valence-electron chi connectivity index (χ2n) is 6.46. The zero-order valence-electron chi connectivity index (χ0n) is 14.7. The van der Waals surface area contributed by atoms with Crippen molar-refractivity contribution in [3.05, 3.63) is 41.2 Å². The molecule has 0 aliphatic heterocycles. The number of ether oxygens (including phenoxy) is 1. The van der Waals surface area contributed by atoms with Gasteiger partial charge in [-0.05, 0) is 52.7 Å². The van der Waals surface area contributed by atoms with Gasteiger partial charge in [0.1, 0.15) is 5.25 Å². The van der Waals surface area contributed by atoms with Gasteiger partial charge in [0.25, 0.3) is 0 Å². The lowest BCUT2D eigenvalue weighted by atomic mass is 9.87. The summed E-state index contributed by atoms with van der Waals surface area (Å²) in [6.45, 7) is 14.3. The first kappa shape index (κ1) is 20.2. The highest BCUT2D eigenvalue weighted by Gasteiger charge is 2.35. The van der Waals surface area contributed by atoms with E-state index in [1.165, 1.54) is 0 Å². The number of hydrogen-bond acceptors (Lipinski definition) is 4. The van der Waals surface area contributed by atoms with Crippen molar-refractivity contribution in [3.8, 4) is 0 Å². The van der Waals surface area contributed by atoms with Gasteiger partial charge in [-0.15, -0.1) is 0 Å². The molecule has 0 saturated carbocycles. The Morgan fingerprint density at radius 2 is 1.88 bits per heavy atom. The van der Waals surface area contributed by atoms with Crippen LogP contribution in [0.15, 0.2) is 29.2 Å². The van der Waals surface area contributed by atoms with Crippen LogP contribution in [0, 0.1) is 18.9 Å². The number of hydrogen-bond donors (Lipinski definition) is 0. The molecular formula is C18H25NO4S. The Kier molecular flexibility index (Phi) is 6.97. The molecule has 0 bridgehead atoms. The predicted octanol–water partition coefficient (Wildman–Crippen LogP) is 3.43. The van der Waals surface area contributed by atoms with E-state index in [1.807, 2.05) is 6.92 Å². The van der Waals surface area contributed by atoms with Crippen LogP contribution in [-0.4, -0.2) is 32.8 Å². The van der Waals surface area contributed by atoms with Gasteiger partial charge in [0, 0.05) is 0 Å². The molecule has 0 aromatic heterocycles. The molecule has 0 spiro atoms. The molecule has 0 amide bonds. The summed E-state index contributed by atoms with van der Waals surface area (Å²) in [4.78, 5) is 15.5. The summed E-state index contributed by atoms with van der Waals surface area (Å²) in [5.41, 5.74) is 0.193. The van der Waals surface area contributed by atoms with Gasteiger partial charge in [0.05, 0.1) is 16.9 Å². The maximum Gasteiger partial charge on any atom is 0.311 e. The zero-order chi connectivity index (χ0) is 18.4. The predicted molar refractivity (Wildman–Crippen MR) is 93.3 cm³/mol. The van der Waals surface area contributed by atoms with Crippen LogP contribution < -0.4 is 0 Å². The lowest BCUT2D eigenvalue weighted by molar-refractivity contribution is -0.153. The van der Waals surface area contributed by atoms with Crippen molar-refractivity contribution < 1.29 is 17.9 Å². The number of benzene rings is 1. The lowest BCUT2D eigenvalue weighted by Crippen LogP contribution is -2.31. The van der Waals surface area contributed by atoms with Crippen LogP contribution in [-0.2, 0) is 19.4 Å². The minimum atomic E-state index is -3.61. The molecule has 5 nitrogen and oxygen atoms in total. The highest BCUT2D eigenvalue weighted by atomic mass is 32.2. The molecule has 0 saturated heterocycles. The molecule has 0 N–H and O–H groups in total. The Labute approximate surface area is 144 Å². The first-order valence-corrected chi connectivity index (χ1v) is 9.50. The van der Waals surface area contributed by atoms with E-state index < -0.39 is 20.5 Å². The maximum absolute atomic E-state index is 12.8. The van der Waals surface area contributed by atoms with E-state index in [9.17, 15) is 13.2 Å². The van der Waals surface area contributed by atoms with E-state index in [4.69, 9.17) is 11.3 Å². The van der Waals surface area contributed by atoms with E-state index >= 15 is 0 Å². The smallest absolute Gasteiger partial charge is 0.311 e. The van der Waals surface area contributed by atoms with Crippen molar-refractivity contribution in [2.45, 2.75) is 50.7 Å². The third-order valence-corrected chi connectivity index (χ3v) is 6.19. The summed E-state index contributed by atoms with van der Waals surface area (Å²) < 4.78 is 30.6. The highest BCUT2D eigenvalue weighted by molar-refractivity contribution is 7.92. The number of rotatable bonds is 8. The molecule has 6 heteroatoms. The first-order valence-electron chi connectivity index (χ1n) is 7.96. The van der Waals surface area contributed by atoms with Crippen molar-refractivity contribution in [1.29, 1.82) is 0 Å². The lowest BCUT2D eigenvalue weighted by Gasteiger charge is -2.23. The van der Waals surface area contributed by atoms with Crippen molar-refractivity contribution in [3.63, 3.8) is 0 Å².